The molecule has 1 aliphatic heterocycles. The van der Waals surface area contributed by atoms with Crippen LogP contribution in [0.4, 0.5) is 0 Å². The average Bonchev–Trinajstić information content (AvgIpc) is 2.39. The van der Waals surface area contributed by atoms with Crippen LogP contribution in [0.2, 0.25) is 0 Å². The lowest BCUT2D eigenvalue weighted by Crippen LogP contribution is -2.16. The van der Waals surface area contributed by atoms with Crippen molar-refractivity contribution in [2.24, 2.45) is 17.8 Å². The molecule has 2 nitrogen and oxygen atoms in total. The maximum atomic E-state index is 5.07. The molecule has 0 spiro atoms. The Morgan fingerprint density at radius 3 is 2.67 bits per heavy atom. The van der Waals surface area contributed by atoms with Crippen LogP contribution in [-0.2, 0) is 4.74 Å². The van der Waals surface area contributed by atoms with Gasteiger partial charge in [0.15, 0.2) is 0 Å². The van der Waals surface area contributed by atoms with Gasteiger partial charge in [-0.15, -0.1) is 0 Å². The van der Waals surface area contributed by atoms with Gasteiger partial charge in [0.05, 0.1) is 0 Å². The van der Waals surface area contributed by atoms with E-state index in [9.17, 15) is 0 Å². The van der Waals surface area contributed by atoms with Crippen LogP contribution in [-0.4, -0.2) is 26.8 Å². The number of piperidine rings is 1. The van der Waals surface area contributed by atoms with Crippen LogP contribution >= 0.6 is 0 Å². The van der Waals surface area contributed by atoms with E-state index in [-0.39, 0.29) is 0 Å². The van der Waals surface area contributed by atoms with Crippen molar-refractivity contribution in [2.75, 3.05) is 26.8 Å². The van der Waals surface area contributed by atoms with Crippen molar-refractivity contribution < 1.29 is 4.74 Å². The summed E-state index contributed by atoms with van der Waals surface area (Å²) in [4.78, 5) is 0. The Balaban J connectivity index is 1.81. The maximum Gasteiger partial charge on any atom is 0.0496 e. The standard InChI is InChI=1S/C7H13NO/c1-9-4-7-5-2-8-3-6(5)7/h5-8H,2-4H2,1H3/t5-,6+,7+. The normalized spacial score (nSPS) is 47.0. The highest BCUT2D eigenvalue weighted by Gasteiger charge is 2.52. The van der Waals surface area contributed by atoms with Crippen LogP contribution < -0.4 is 5.32 Å². The summed E-state index contributed by atoms with van der Waals surface area (Å²) in [6.07, 6.45) is 0. The molecule has 9 heavy (non-hydrogen) atoms. The summed E-state index contributed by atoms with van der Waals surface area (Å²) in [7, 11) is 1.79. The minimum Gasteiger partial charge on any atom is -0.384 e. The first-order chi connectivity index (χ1) is 4.43. The first kappa shape index (κ1) is 5.69. The predicted octanol–water partition coefficient (Wildman–Crippen LogP) is 0.0982. The Morgan fingerprint density at radius 1 is 1.44 bits per heavy atom. The summed E-state index contributed by atoms with van der Waals surface area (Å²) in [5, 5.41) is 3.35. The van der Waals surface area contributed by atoms with Crippen molar-refractivity contribution in [1.29, 1.82) is 0 Å². The van der Waals surface area contributed by atoms with Gasteiger partial charge in [-0.2, -0.15) is 0 Å². The molecule has 1 heterocycles. The second-order valence-electron chi connectivity index (χ2n) is 3.11. The summed E-state index contributed by atoms with van der Waals surface area (Å²) < 4.78 is 5.07. The summed E-state index contributed by atoms with van der Waals surface area (Å²) in [6.45, 7) is 3.45. The highest BCUT2D eigenvalue weighted by atomic mass is 16.5. The third kappa shape index (κ3) is 0.775. The van der Waals surface area contributed by atoms with E-state index in [1.54, 1.807) is 7.11 Å². The van der Waals surface area contributed by atoms with Gasteiger partial charge in [-0.1, -0.05) is 0 Å². The van der Waals surface area contributed by atoms with E-state index in [4.69, 9.17) is 4.74 Å². The van der Waals surface area contributed by atoms with E-state index < -0.39 is 0 Å². The SMILES string of the molecule is COC[C@H]1[C@@H]2CNC[C@@H]21. The van der Waals surface area contributed by atoms with Gasteiger partial charge < -0.3 is 10.1 Å². The molecule has 52 valence electrons. The zero-order valence-corrected chi connectivity index (χ0v) is 5.76. The van der Waals surface area contributed by atoms with Crippen molar-refractivity contribution in [3.05, 3.63) is 0 Å². The van der Waals surface area contributed by atoms with Crippen molar-refractivity contribution in [2.45, 2.75) is 0 Å². The van der Waals surface area contributed by atoms with Gasteiger partial charge in [-0.25, -0.2) is 0 Å². The topological polar surface area (TPSA) is 21.3 Å². The number of methoxy groups -OCH3 is 1. The van der Waals surface area contributed by atoms with E-state index in [0.717, 1.165) is 24.4 Å². The summed E-state index contributed by atoms with van der Waals surface area (Å²) >= 11 is 0. The highest BCUT2D eigenvalue weighted by molar-refractivity contribution is 5.03. The number of hydrogen-bond donors (Lipinski definition) is 1. The molecule has 2 aliphatic rings. The first-order valence-corrected chi connectivity index (χ1v) is 3.63. The molecule has 0 unspecified atom stereocenters. The van der Waals surface area contributed by atoms with Gasteiger partial charge in [0.2, 0.25) is 0 Å². The van der Waals surface area contributed by atoms with E-state index in [2.05, 4.69) is 5.32 Å². The van der Waals surface area contributed by atoms with Gasteiger partial charge in [0.25, 0.3) is 0 Å². The zero-order chi connectivity index (χ0) is 6.27. The van der Waals surface area contributed by atoms with Crippen LogP contribution in [0.3, 0.4) is 0 Å². The van der Waals surface area contributed by atoms with Gasteiger partial charge >= 0.3 is 0 Å². The van der Waals surface area contributed by atoms with Crippen molar-refractivity contribution >= 4 is 0 Å². The third-order valence-electron chi connectivity index (χ3n) is 2.63. The van der Waals surface area contributed by atoms with Crippen LogP contribution in [0.1, 0.15) is 0 Å². The Labute approximate surface area is 55.6 Å². The molecule has 2 rings (SSSR count). The fourth-order valence-electron chi connectivity index (χ4n) is 1.99. The Morgan fingerprint density at radius 2 is 2.11 bits per heavy atom. The quantitative estimate of drug-likeness (QED) is 0.568. The number of rotatable bonds is 2. The number of fused-ring (bicyclic) bond motifs is 1. The summed E-state index contributed by atoms with van der Waals surface area (Å²) in [5.74, 6) is 2.83. The number of ether oxygens (including phenoxy) is 1. The Kier molecular flexibility index (Phi) is 1.24. The van der Waals surface area contributed by atoms with Crippen molar-refractivity contribution in [3.8, 4) is 0 Å². The molecule has 0 radical (unpaired) electrons. The van der Waals surface area contributed by atoms with E-state index in [1.165, 1.54) is 13.1 Å². The molecule has 1 aliphatic carbocycles. The van der Waals surface area contributed by atoms with E-state index in [0.29, 0.717) is 0 Å². The van der Waals surface area contributed by atoms with Gasteiger partial charge in [-0.3, -0.25) is 0 Å². The van der Waals surface area contributed by atoms with Gasteiger partial charge in [0, 0.05) is 13.7 Å². The minimum atomic E-state index is 0.899. The lowest BCUT2D eigenvalue weighted by Gasteiger charge is -2.00. The smallest absolute Gasteiger partial charge is 0.0496 e. The molecule has 3 atom stereocenters. The molecule has 0 amide bonds. The third-order valence-corrected chi connectivity index (χ3v) is 2.63. The van der Waals surface area contributed by atoms with E-state index in [1.807, 2.05) is 0 Å². The number of nitrogens with one attached hydrogen (secondary N) is 1. The molecule has 0 aromatic rings. The van der Waals surface area contributed by atoms with Gasteiger partial charge in [-0.05, 0) is 30.8 Å². The average molecular weight is 127 g/mol. The maximum absolute atomic E-state index is 5.07. The molecule has 0 aromatic heterocycles. The molecule has 0 aromatic carbocycles. The second-order valence-corrected chi connectivity index (χ2v) is 3.11. The molecular weight excluding hydrogens is 114 g/mol. The van der Waals surface area contributed by atoms with Crippen LogP contribution in [0.25, 0.3) is 0 Å². The van der Waals surface area contributed by atoms with Crippen molar-refractivity contribution in [3.63, 3.8) is 0 Å². The lowest BCUT2D eigenvalue weighted by molar-refractivity contribution is 0.175. The zero-order valence-electron chi connectivity index (χ0n) is 5.76. The van der Waals surface area contributed by atoms with Crippen LogP contribution in [0.5, 0.6) is 0 Å². The van der Waals surface area contributed by atoms with E-state index >= 15 is 0 Å². The fourth-order valence-corrected chi connectivity index (χ4v) is 1.99. The van der Waals surface area contributed by atoms with Gasteiger partial charge in [0.1, 0.15) is 0 Å². The number of hydrogen-bond acceptors (Lipinski definition) is 2. The Hall–Kier alpha value is -0.0800. The minimum absolute atomic E-state index is 0.899. The fraction of sp³-hybridized carbons (Fsp3) is 1.00. The Bertz CT molecular complexity index is 105. The molecule has 0 bridgehead atoms. The predicted molar refractivity (Wildman–Crippen MR) is 35.2 cm³/mol. The molecule has 1 N–H and O–H groups in total. The molecular formula is C7H13NO. The second kappa shape index (κ2) is 1.96. The first-order valence-electron chi connectivity index (χ1n) is 3.63. The summed E-state index contributed by atoms with van der Waals surface area (Å²) in [6, 6.07) is 0. The van der Waals surface area contributed by atoms with Crippen molar-refractivity contribution in [1.82, 2.24) is 5.32 Å². The molecule has 1 saturated heterocycles. The highest BCUT2D eigenvalue weighted by Crippen LogP contribution is 2.48. The molecule has 2 heteroatoms. The largest absolute Gasteiger partial charge is 0.384 e. The lowest BCUT2D eigenvalue weighted by atomic mass is 10.3. The monoisotopic (exact) mass is 127 g/mol. The molecule has 2 fully saturated rings. The summed E-state index contributed by atoms with van der Waals surface area (Å²) in [5.41, 5.74) is 0. The molecule has 1 saturated carbocycles. The van der Waals surface area contributed by atoms with Crippen LogP contribution in [0, 0.1) is 17.8 Å². The van der Waals surface area contributed by atoms with Crippen LogP contribution in [0.15, 0.2) is 0 Å².